The first kappa shape index (κ1) is 16.3. The second-order valence-electron chi connectivity index (χ2n) is 5.49. The summed E-state index contributed by atoms with van der Waals surface area (Å²) in [5.41, 5.74) is 5.95. The Morgan fingerprint density at radius 3 is 2.40 bits per heavy atom. The van der Waals surface area contributed by atoms with Crippen molar-refractivity contribution >= 4 is 5.91 Å². The third-order valence-corrected chi connectivity index (χ3v) is 2.95. The summed E-state index contributed by atoms with van der Waals surface area (Å²) in [6.07, 6.45) is 0.697. The molecule has 5 nitrogen and oxygen atoms in total. The molecule has 0 aliphatic rings. The predicted molar refractivity (Wildman–Crippen MR) is 79.1 cm³/mol. The van der Waals surface area contributed by atoms with Gasteiger partial charge in [0.2, 0.25) is 5.91 Å². The molecular formula is C15H24N2O3. The van der Waals surface area contributed by atoms with Crippen molar-refractivity contribution in [3.05, 3.63) is 23.8 Å². The topological polar surface area (TPSA) is 73.6 Å². The molecule has 112 valence electrons. The fraction of sp³-hybridized carbons (Fsp3) is 0.533. The maximum atomic E-state index is 11.8. The first-order valence-corrected chi connectivity index (χ1v) is 6.58. The largest absolute Gasteiger partial charge is 0.493 e. The van der Waals surface area contributed by atoms with Gasteiger partial charge in [0.05, 0.1) is 19.8 Å². The number of carbonyl (C=O) groups is 1. The molecule has 0 saturated heterocycles. The van der Waals surface area contributed by atoms with Crippen LogP contribution in [0.4, 0.5) is 0 Å². The molecule has 1 rings (SSSR count). The van der Waals surface area contributed by atoms with Crippen molar-refractivity contribution in [2.75, 3.05) is 14.2 Å². The maximum Gasteiger partial charge on any atom is 0.239 e. The summed E-state index contributed by atoms with van der Waals surface area (Å²) in [5.74, 6) is 1.21. The minimum Gasteiger partial charge on any atom is -0.493 e. The Bertz CT molecular complexity index is 467. The van der Waals surface area contributed by atoms with Gasteiger partial charge in [0.25, 0.3) is 0 Å². The number of benzene rings is 1. The van der Waals surface area contributed by atoms with Crippen molar-refractivity contribution in [1.29, 1.82) is 0 Å². The van der Waals surface area contributed by atoms with Crippen LogP contribution in [0.15, 0.2) is 18.2 Å². The van der Waals surface area contributed by atoms with Gasteiger partial charge in [0, 0.05) is 6.04 Å². The molecule has 1 amide bonds. The van der Waals surface area contributed by atoms with Gasteiger partial charge in [-0.25, -0.2) is 0 Å². The number of nitrogens with two attached hydrogens (primary N) is 1. The van der Waals surface area contributed by atoms with E-state index in [-0.39, 0.29) is 11.9 Å². The number of rotatable bonds is 6. The molecule has 0 aliphatic heterocycles. The molecule has 5 heteroatoms. The molecule has 1 atom stereocenters. The second-order valence-corrected chi connectivity index (χ2v) is 5.49. The SMILES string of the molecule is COc1ccc(C[C@H](C)NC(=O)C(C)(C)N)cc1OC. The summed E-state index contributed by atoms with van der Waals surface area (Å²) >= 11 is 0. The quantitative estimate of drug-likeness (QED) is 0.828. The Hall–Kier alpha value is -1.75. The Morgan fingerprint density at radius 1 is 1.30 bits per heavy atom. The molecule has 0 aromatic heterocycles. The van der Waals surface area contributed by atoms with Crippen molar-refractivity contribution in [1.82, 2.24) is 5.32 Å². The molecule has 0 saturated carbocycles. The summed E-state index contributed by atoms with van der Waals surface area (Å²) in [6.45, 7) is 5.32. The zero-order chi connectivity index (χ0) is 15.3. The van der Waals surface area contributed by atoms with Crippen LogP contribution in [0.2, 0.25) is 0 Å². The third-order valence-electron chi connectivity index (χ3n) is 2.95. The van der Waals surface area contributed by atoms with Crippen molar-refractivity contribution in [3.8, 4) is 11.5 Å². The van der Waals surface area contributed by atoms with Crippen molar-refractivity contribution in [3.63, 3.8) is 0 Å². The highest BCUT2D eigenvalue weighted by Crippen LogP contribution is 2.27. The first-order valence-electron chi connectivity index (χ1n) is 6.58. The molecular weight excluding hydrogens is 256 g/mol. The van der Waals surface area contributed by atoms with Gasteiger partial charge in [-0.2, -0.15) is 0 Å². The van der Waals surface area contributed by atoms with Gasteiger partial charge >= 0.3 is 0 Å². The Kier molecular flexibility index (Phi) is 5.39. The minimum absolute atomic E-state index is 0.0107. The van der Waals surface area contributed by atoms with E-state index >= 15 is 0 Å². The molecule has 0 unspecified atom stereocenters. The van der Waals surface area contributed by atoms with E-state index in [2.05, 4.69) is 5.32 Å². The molecule has 0 heterocycles. The molecule has 3 N–H and O–H groups in total. The van der Waals surface area contributed by atoms with Crippen LogP contribution in [0.5, 0.6) is 11.5 Å². The summed E-state index contributed by atoms with van der Waals surface area (Å²) < 4.78 is 10.5. The van der Waals surface area contributed by atoms with Gasteiger partial charge in [-0.3, -0.25) is 4.79 Å². The van der Waals surface area contributed by atoms with Crippen molar-refractivity contribution in [2.24, 2.45) is 5.73 Å². The lowest BCUT2D eigenvalue weighted by Crippen LogP contribution is -2.51. The number of carbonyl (C=O) groups excluding carboxylic acids is 1. The van der Waals surface area contributed by atoms with Crippen LogP contribution in [-0.2, 0) is 11.2 Å². The highest BCUT2D eigenvalue weighted by Gasteiger charge is 2.23. The van der Waals surface area contributed by atoms with Gasteiger partial charge in [-0.05, 0) is 44.9 Å². The first-order chi connectivity index (χ1) is 9.27. The lowest BCUT2D eigenvalue weighted by molar-refractivity contribution is -0.125. The zero-order valence-electron chi connectivity index (χ0n) is 12.8. The van der Waals surface area contributed by atoms with Gasteiger partial charge in [-0.1, -0.05) is 6.07 Å². The average Bonchev–Trinajstić information content (AvgIpc) is 2.37. The van der Waals surface area contributed by atoms with E-state index in [0.29, 0.717) is 17.9 Å². The van der Waals surface area contributed by atoms with Crippen LogP contribution in [0.1, 0.15) is 26.3 Å². The Balaban J connectivity index is 2.71. The zero-order valence-corrected chi connectivity index (χ0v) is 12.8. The maximum absolute atomic E-state index is 11.8. The van der Waals surface area contributed by atoms with Crippen molar-refractivity contribution < 1.29 is 14.3 Å². The van der Waals surface area contributed by atoms with Gasteiger partial charge in [-0.15, -0.1) is 0 Å². The Morgan fingerprint density at radius 2 is 1.90 bits per heavy atom. The van der Waals surface area contributed by atoms with Crippen LogP contribution in [0.3, 0.4) is 0 Å². The third kappa shape index (κ3) is 4.42. The fourth-order valence-electron chi connectivity index (χ4n) is 1.82. The lowest BCUT2D eigenvalue weighted by atomic mass is 10.0. The smallest absolute Gasteiger partial charge is 0.239 e. The highest BCUT2D eigenvalue weighted by molar-refractivity contribution is 5.85. The summed E-state index contributed by atoms with van der Waals surface area (Å²) in [7, 11) is 3.20. The number of ether oxygens (including phenoxy) is 2. The van der Waals surface area contributed by atoms with Crippen LogP contribution >= 0.6 is 0 Å². The lowest BCUT2D eigenvalue weighted by Gasteiger charge is -2.22. The van der Waals surface area contributed by atoms with E-state index in [1.807, 2.05) is 25.1 Å². The summed E-state index contributed by atoms with van der Waals surface area (Å²) in [5, 5.41) is 2.90. The molecule has 0 fully saturated rings. The monoisotopic (exact) mass is 280 g/mol. The fourth-order valence-corrected chi connectivity index (χ4v) is 1.82. The van der Waals surface area contributed by atoms with Crippen LogP contribution in [0, 0.1) is 0 Å². The molecule has 1 aromatic rings. The predicted octanol–water partition coefficient (Wildman–Crippen LogP) is 1.49. The Labute approximate surface area is 120 Å². The average molecular weight is 280 g/mol. The standard InChI is InChI=1S/C15H24N2O3/c1-10(17-14(18)15(2,3)16)8-11-6-7-12(19-4)13(9-11)20-5/h6-7,9-10H,8,16H2,1-5H3,(H,17,18)/t10-/m0/s1. The highest BCUT2D eigenvalue weighted by atomic mass is 16.5. The number of amides is 1. The van der Waals surface area contributed by atoms with Crippen LogP contribution in [0.25, 0.3) is 0 Å². The van der Waals surface area contributed by atoms with Gasteiger partial charge in [0.15, 0.2) is 11.5 Å². The normalized spacial score (nSPS) is 12.7. The number of hydrogen-bond donors (Lipinski definition) is 2. The van der Waals surface area contributed by atoms with Gasteiger partial charge in [0.1, 0.15) is 0 Å². The van der Waals surface area contributed by atoms with E-state index in [9.17, 15) is 4.79 Å². The van der Waals surface area contributed by atoms with E-state index in [4.69, 9.17) is 15.2 Å². The molecule has 20 heavy (non-hydrogen) atoms. The summed E-state index contributed by atoms with van der Waals surface area (Å²) in [4.78, 5) is 11.8. The second kappa shape index (κ2) is 6.61. The molecule has 0 radical (unpaired) electrons. The van der Waals surface area contributed by atoms with Crippen LogP contribution < -0.4 is 20.5 Å². The minimum atomic E-state index is -0.869. The van der Waals surface area contributed by atoms with E-state index in [1.165, 1.54) is 0 Å². The number of methoxy groups -OCH3 is 2. The summed E-state index contributed by atoms with van der Waals surface area (Å²) in [6, 6.07) is 5.71. The van der Waals surface area contributed by atoms with E-state index in [0.717, 1.165) is 5.56 Å². The van der Waals surface area contributed by atoms with Gasteiger partial charge < -0.3 is 20.5 Å². The van der Waals surface area contributed by atoms with Crippen LogP contribution in [-0.4, -0.2) is 31.7 Å². The number of hydrogen-bond acceptors (Lipinski definition) is 4. The van der Waals surface area contributed by atoms with Crippen molar-refractivity contribution in [2.45, 2.75) is 38.8 Å². The number of nitrogens with one attached hydrogen (secondary N) is 1. The van der Waals surface area contributed by atoms with E-state index in [1.54, 1.807) is 28.1 Å². The molecule has 0 spiro atoms. The molecule has 0 bridgehead atoms. The molecule has 0 aliphatic carbocycles. The van der Waals surface area contributed by atoms with E-state index < -0.39 is 5.54 Å². The molecule has 1 aromatic carbocycles.